The summed E-state index contributed by atoms with van der Waals surface area (Å²) in [5, 5.41) is 1.10. The summed E-state index contributed by atoms with van der Waals surface area (Å²) in [7, 11) is -0.629. The maximum absolute atomic E-state index is 11.6. The minimum Gasteiger partial charge on any atom is -0.543 e. The van der Waals surface area contributed by atoms with E-state index in [1.807, 2.05) is 0 Å². The number of rotatable bonds is 4. The molecule has 0 fully saturated rings. The molecule has 0 spiro atoms. The van der Waals surface area contributed by atoms with E-state index in [0.717, 1.165) is 5.56 Å². The summed E-state index contributed by atoms with van der Waals surface area (Å²) in [5.41, 5.74) is 2.01. The number of benzene rings is 2. The first kappa shape index (κ1) is 20.8. The number of carbonyl (C=O) groups is 1. The molecule has 0 saturated carbocycles. The lowest BCUT2D eigenvalue weighted by Gasteiger charge is -2.36. The van der Waals surface area contributed by atoms with E-state index in [-0.39, 0.29) is 11.0 Å². The molecule has 2 aromatic carbocycles. The van der Waals surface area contributed by atoms with Gasteiger partial charge >= 0.3 is 5.97 Å². The Labute approximate surface area is 166 Å². The molecular weight excluding hydrogens is 387 g/mol. The van der Waals surface area contributed by atoms with Gasteiger partial charge in [0.05, 0.1) is 22.7 Å². The monoisotopic (exact) mass is 410 g/mol. The Bertz CT molecular complexity index is 786. The molecule has 0 saturated heterocycles. The van der Waals surface area contributed by atoms with Crippen molar-refractivity contribution < 1.29 is 14.0 Å². The van der Waals surface area contributed by atoms with Gasteiger partial charge < -0.3 is 9.16 Å². The van der Waals surface area contributed by atoms with E-state index in [9.17, 15) is 4.79 Å². The van der Waals surface area contributed by atoms with Gasteiger partial charge in [0.1, 0.15) is 5.75 Å². The van der Waals surface area contributed by atoms with E-state index in [0.29, 0.717) is 26.9 Å². The van der Waals surface area contributed by atoms with Gasteiger partial charge in [-0.2, -0.15) is 0 Å². The SMILES string of the molecule is COC(=O)c1ccc(-c2c(Cl)cc(O[Si](C)(C)C(C)(C)C)cc2Cl)cc1. The second-order valence-electron chi connectivity index (χ2n) is 7.69. The van der Waals surface area contributed by atoms with Crippen molar-refractivity contribution in [2.24, 2.45) is 0 Å². The minimum absolute atomic E-state index is 0.0777. The third kappa shape index (κ3) is 4.42. The van der Waals surface area contributed by atoms with Crippen molar-refractivity contribution in [1.29, 1.82) is 0 Å². The van der Waals surface area contributed by atoms with Gasteiger partial charge in [-0.1, -0.05) is 56.1 Å². The van der Waals surface area contributed by atoms with Gasteiger partial charge in [-0.3, -0.25) is 0 Å². The number of hydrogen-bond acceptors (Lipinski definition) is 3. The van der Waals surface area contributed by atoms with E-state index in [4.69, 9.17) is 32.4 Å². The predicted octanol–water partition coefficient (Wildman–Crippen LogP) is 6.83. The van der Waals surface area contributed by atoms with Gasteiger partial charge in [-0.15, -0.1) is 0 Å². The van der Waals surface area contributed by atoms with Crippen molar-refractivity contribution in [2.75, 3.05) is 7.11 Å². The van der Waals surface area contributed by atoms with Gasteiger partial charge in [-0.25, -0.2) is 4.79 Å². The van der Waals surface area contributed by atoms with Crippen LogP contribution in [0.15, 0.2) is 36.4 Å². The lowest BCUT2D eigenvalue weighted by molar-refractivity contribution is 0.0601. The molecule has 6 heteroatoms. The molecule has 0 radical (unpaired) electrons. The number of methoxy groups -OCH3 is 1. The lowest BCUT2D eigenvalue weighted by atomic mass is 10.0. The lowest BCUT2D eigenvalue weighted by Crippen LogP contribution is -2.43. The van der Waals surface area contributed by atoms with Crippen molar-refractivity contribution >= 4 is 37.5 Å². The first-order chi connectivity index (χ1) is 12.0. The van der Waals surface area contributed by atoms with Crippen LogP contribution in [0, 0.1) is 0 Å². The molecule has 3 nitrogen and oxygen atoms in total. The van der Waals surface area contributed by atoms with Crippen LogP contribution in [0.3, 0.4) is 0 Å². The zero-order valence-corrected chi connectivity index (χ0v) is 18.5. The molecular formula is C20H24Cl2O3Si. The topological polar surface area (TPSA) is 35.5 Å². The van der Waals surface area contributed by atoms with Gasteiger partial charge in [0, 0.05) is 5.56 Å². The van der Waals surface area contributed by atoms with Crippen molar-refractivity contribution in [3.8, 4) is 16.9 Å². The molecule has 0 aliphatic carbocycles. The second-order valence-corrected chi connectivity index (χ2v) is 13.2. The van der Waals surface area contributed by atoms with E-state index >= 15 is 0 Å². The Kier molecular flexibility index (Phi) is 6.11. The Hall–Kier alpha value is -1.49. The Morgan fingerprint density at radius 3 is 1.92 bits per heavy atom. The van der Waals surface area contributed by atoms with Crippen LogP contribution in [-0.4, -0.2) is 21.4 Å². The third-order valence-electron chi connectivity index (χ3n) is 4.79. The zero-order chi connectivity index (χ0) is 19.7. The van der Waals surface area contributed by atoms with Crippen LogP contribution in [0.1, 0.15) is 31.1 Å². The molecule has 0 heterocycles. The van der Waals surface area contributed by atoms with Crippen LogP contribution >= 0.6 is 23.2 Å². The average molecular weight is 411 g/mol. The standard InChI is InChI=1S/C20H24Cl2O3Si/c1-20(2,3)26(5,6)25-15-11-16(21)18(17(22)12-15)13-7-9-14(10-8-13)19(23)24-4/h7-12H,1-6H3. The first-order valence-corrected chi connectivity index (χ1v) is 12.0. The molecule has 0 amide bonds. The number of esters is 1. The second kappa shape index (κ2) is 7.63. The largest absolute Gasteiger partial charge is 0.543 e. The predicted molar refractivity (Wildman–Crippen MR) is 111 cm³/mol. The molecule has 0 aliphatic heterocycles. The third-order valence-corrected chi connectivity index (χ3v) is 9.74. The highest BCUT2D eigenvalue weighted by atomic mass is 35.5. The first-order valence-electron chi connectivity index (χ1n) is 8.33. The summed E-state index contributed by atoms with van der Waals surface area (Å²) in [6.45, 7) is 10.9. The van der Waals surface area contributed by atoms with Crippen molar-refractivity contribution in [3.63, 3.8) is 0 Å². The van der Waals surface area contributed by atoms with Crippen molar-refractivity contribution in [3.05, 3.63) is 52.0 Å². The summed E-state index contributed by atoms with van der Waals surface area (Å²) >= 11 is 13.0. The Morgan fingerprint density at radius 1 is 1.00 bits per heavy atom. The summed E-state index contributed by atoms with van der Waals surface area (Å²) in [6, 6.07) is 10.6. The highest BCUT2D eigenvalue weighted by molar-refractivity contribution is 6.74. The maximum Gasteiger partial charge on any atom is 0.337 e. The molecule has 2 aromatic rings. The average Bonchev–Trinajstić information content (AvgIpc) is 2.52. The molecule has 140 valence electrons. The van der Waals surface area contributed by atoms with Gasteiger partial charge in [0.25, 0.3) is 0 Å². The maximum atomic E-state index is 11.6. The molecule has 0 atom stereocenters. The number of halogens is 2. The van der Waals surface area contributed by atoms with Crippen molar-refractivity contribution in [2.45, 2.75) is 38.9 Å². The molecule has 0 unspecified atom stereocenters. The molecule has 2 rings (SSSR count). The molecule has 0 bridgehead atoms. The van der Waals surface area contributed by atoms with Crippen LogP contribution in [0.4, 0.5) is 0 Å². The number of hydrogen-bond donors (Lipinski definition) is 0. The highest BCUT2D eigenvalue weighted by Crippen LogP contribution is 2.42. The van der Waals surface area contributed by atoms with Crippen LogP contribution in [-0.2, 0) is 4.74 Å². The van der Waals surface area contributed by atoms with Crippen molar-refractivity contribution in [1.82, 2.24) is 0 Å². The zero-order valence-electron chi connectivity index (χ0n) is 15.9. The summed E-state index contributed by atoms with van der Waals surface area (Å²) in [5.74, 6) is 0.299. The fourth-order valence-corrected chi connectivity index (χ4v) is 3.92. The number of carbonyl (C=O) groups excluding carboxylic acids is 1. The Balaban J connectivity index is 2.37. The summed E-state index contributed by atoms with van der Waals surface area (Å²) < 4.78 is 11.0. The summed E-state index contributed by atoms with van der Waals surface area (Å²) in [4.78, 5) is 11.6. The van der Waals surface area contributed by atoms with E-state index in [1.165, 1.54) is 7.11 Å². The summed E-state index contributed by atoms with van der Waals surface area (Å²) in [6.07, 6.45) is 0. The number of ether oxygens (including phenoxy) is 1. The van der Waals surface area contributed by atoms with Gasteiger partial charge in [0.15, 0.2) is 0 Å². The van der Waals surface area contributed by atoms with Crippen LogP contribution < -0.4 is 4.43 Å². The van der Waals surface area contributed by atoms with E-state index in [1.54, 1.807) is 36.4 Å². The fraction of sp³-hybridized carbons (Fsp3) is 0.350. The molecule has 26 heavy (non-hydrogen) atoms. The minimum atomic E-state index is -1.98. The van der Waals surface area contributed by atoms with Crippen LogP contribution in [0.25, 0.3) is 11.1 Å². The highest BCUT2D eigenvalue weighted by Gasteiger charge is 2.39. The normalized spacial score (nSPS) is 12.0. The Morgan fingerprint density at radius 2 is 1.50 bits per heavy atom. The molecule has 0 aromatic heterocycles. The smallest absolute Gasteiger partial charge is 0.337 e. The molecule has 0 N–H and O–H groups in total. The van der Waals surface area contributed by atoms with Gasteiger partial charge in [-0.05, 0) is 48.0 Å². The van der Waals surface area contributed by atoms with E-state index in [2.05, 4.69) is 33.9 Å². The quantitative estimate of drug-likeness (QED) is 0.409. The van der Waals surface area contributed by atoms with Crippen LogP contribution in [0.5, 0.6) is 5.75 Å². The molecule has 0 aliphatic rings. The fourth-order valence-electron chi connectivity index (χ4n) is 2.22. The van der Waals surface area contributed by atoms with Crippen LogP contribution in [0.2, 0.25) is 28.2 Å². The van der Waals surface area contributed by atoms with E-state index < -0.39 is 8.32 Å². The van der Waals surface area contributed by atoms with Gasteiger partial charge in [0.2, 0.25) is 8.32 Å².